The van der Waals surface area contributed by atoms with Crippen molar-refractivity contribution >= 4 is 27.7 Å². The molecule has 1 aliphatic heterocycles. The van der Waals surface area contributed by atoms with Crippen molar-refractivity contribution in [2.24, 2.45) is 0 Å². The van der Waals surface area contributed by atoms with Crippen LogP contribution in [0.3, 0.4) is 0 Å². The van der Waals surface area contributed by atoms with Crippen LogP contribution in [-0.2, 0) is 11.3 Å². The molecular weight excluding hydrogens is 386 g/mol. The van der Waals surface area contributed by atoms with Gasteiger partial charge in [0.1, 0.15) is 0 Å². The number of hydrogen-bond acceptors (Lipinski definition) is 4. The Labute approximate surface area is 154 Å². The number of furan rings is 1. The second kappa shape index (κ2) is 8.31. The summed E-state index contributed by atoms with van der Waals surface area (Å²) in [4.78, 5) is 28.3. The molecule has 2 heterocycles. The maximum Gasteiger partial charge on any atom is 0.287 e. The average molecular weight is 406 g/mol. The third-order valence-corrected chi connectivity index (χ3v) is 4.60. The zero-order chi connectivity index (χ0) is 17.6. The number of piperazine rings is 1. The first-order valence-corrected chi connectivity index (χ1v) is 8.99. The Morgan fingerprint density at radius 2 is 1.76 bits per heavy atom. The summed E-state index contributed by atoms with van der Waals surface area (Å²) in [7, 11) is 0. The average Bonchev–Trinajstić information content (AvgIpc) is 3.07. The van der Waals surface area contributed by atoms with Crippen LogP contribution in [-0.4, -0.2) is 54.3 Å². The minimum Gasteiger partial charge on any atom is -0.444 e. The molecule has 0 spiro atoms. The van der Waals surface area contributed by atoms with E-state index in [4.69, 9.17) is 4.42 Å². The molecule has 1 fully saturated rings. The number of benzene rings is 1. The summed E-state index contributed by atoms with van der Waals surface area (Å²) in [6.07, 6.45) is 0. The van der Waals surface area contributed by atoms with Gasteiger partial charge in [0.15, 0.2) is 10.4 Å². The molecule has 0 bridgehead atoms. The third-order valence-electron chi connectivity index (χ3n) is 4.17. The van der Waals surface area contributed by atoms with E-state index in [0.717, 1.165) is 19.6 Å². The number of hydrogen-bond donors (Lipinski definition) is 1. The summed E-state index contributed by atoms with van der Waals surface area (Å²) in [6, 6.07) is 13.5. The second-order valence-electron chi connectivity index (χ2n) is 5.93. The molecule has 6 nitrogen and oxygen atoms in total. The minimum absolute atomic E-state index is 0.0180. The number of amides is 2. The molecule has 2 amide bonds. The van der Waals surface area contributed by atoms with Gasteiger partial charge in [0.25, 0.3) is 5.91 Å². The van der Waals surface area contributed by atoms with Crippen LogP contribution >= 0.6 is 15.9 Å². The van der Waals surface area contributed by atoms with E-state index in [-0.39, 0.29) is 24.1 Å². The molecule has 0 aliphatic carbocycles. The van der Waals surface area contributed by atoms with Crippen molar-refractivity contribution in [2.45, 2.75) is 6.54 Å². The summed E-state index contributed by atoms with van der Waals surface area (Å²) in [5.41, 5.74) is 1.28. The maximum atomic E-state index is 12.3. The van der Waals surface area contributed by atoms with E-state index in [1.165, 1.54) is 5.56 Å². The van der Waals surface area contributed by atoms with E-state index in [2.05, 4.69) is 38.3 Å². The Hall–Kier alpha value is -2.12. The topological polar surface area (TPSA) is 65.8 Å². The number of carbonyl (C=O) groups is 2. The lowest BCUT2D eigenvalue weighted by atomic mass is 10.2. The number of rotatable bonds is 5. The van der Waals surface area contributed by atoms with Gasteiger partial charge in [-0.3, -0.25) is 14.5 Å². The van der Waals surface area contributed by atoms with Gasteiger partial charge >= 0.3 is 0 Å². The van der Waals surface area contributed by atoms with E-state index >= 15 is 0 Å². The van der Waals surface area contributed by atoms with Gasteiger partial charge in [-0.25, -0.2) is 0 Å². The Morgan fingerprint density at radius 1 is 1.04 bits per heavy atom. The van der Waals surface area contributed by atoms with Gasteiger partial charge in [0.2, 0.25) is 5.91 Å². The Kier molecular flexibility index (Phi) is 5.88. The zero-order valence-corrected chi connectivity index (χ0v) is 15.4. The molecule has 7 heteroatoms. The van der Waals surface area contributed by atoms with E-state index in [1.54, 1.807) is 17.0 Å². The monoisotopic (exact) mass is 405 g/mol. The lowest BCUT2D eigenvalue weighted by molar-refractivity contribution is -0.131. The molecular formula is C18H20BrN3O3. The van der Waals surface area contributed by atoms with Crippen LogP contribution in [0.1, 0.15) is 16.1 Å². The molecule has 0 radical (unpaired) electrons. The van der Waals surface area contributed by atoms with Crippen molar-refractivity contribution in [3.8, 4) is 0 Å². The van der Waals surface area contributed by atoms with Gasteiger partial charge in [0, 0.05) is 32.7 Å². The van der Waals surface area contributed by atoms with Gasteiger partial charge in [-0.15, -0.1) is 0 Å². The fourth-order valence-electron chi connectivity index (χ4n) is 2.79. The number of nitrogens with one attached hydrogen (secondary N) is 1. The first kappa shape index (κ1) is 17.7. The molecule has 1 aliphatic rings. The Morgan fingerprint density at radius 3 is 2.40 bits per heavy atom. The van der Waals surface area contributed by atoms with Crippen molar-refractivity contribution in [1.82, 2.24) is 15.1 Å². The molecule has 1 aromatic carbocycles. The van der Waals surface area contributed by atoms with Crippen LogP contribution in [0.5, 0.6) is 0 Å². The Bertz CT molecular complexity index is 724. The predicted molar refractivity (Wildman–Crippen MR) is 97.0 cm³/mol. The van der Waals surface area contributed by atoms with Crippen LogP contribution < -0.4 is 5.32 Å². The van der Waals surface area contributed by atoms with Crippen molar-refractivity contribution in [3.05, 3.63) is 58.5 Å². The molecule has 1 aromatic heterocycles. The van der Waals surface area contributed by atoms with Crippen LogP contribution in [0.15, 0.2) is 51.6 Å². The molecule has 3 rings (SSSR count). The molecule has 132 valence electrons. The van der Waals surface area contributed by atoms with Crippen molar-refractivity contribution in [3.63, 3.8) is 0 Å². The van der Waals surface area contributed by atoms with E-state index in [1.807, 2.05) is 18.2 Å². The summed E-state index contributed by atoms with van der Waals surface area (Å²) in [5.74, 6) is -0.271. The van der Waals surface area contributed by atoms with Gasteiger partial charge in [-0.1, -0.05) is 30.3 Å². The minimum atomic E-state index is -0.387. The van der Waals surface area contributed by atoms with Crippen LogP contribution in [0.25, 0.3) is 0 Å². The first-order chi connectivity index (χ1) is 12.1. The third kappa shape index (κ3) is 4.93. The lowest BCUT2D eigenvalue weighted by Gasteiger charge is -2.34. The highest BCUT2D eigenvalue weighted by Crippen LogP contribution is 2.13. The van der Waals surface area contributed by atoms with Crippen LogP contribution in [0.4, 0.5) is 0 Å². The van der Waals surface area contributed by atoms with Gasteiger partial charge < -0.3 is 14.6 Å². The van der Waals surface area contributed by atoms with E-state index < -0.39 is 0 Å². The Balaban J connectivity index is 1.41. The van der Waals surface area contributed by atoms with E-state index in [9.17, 15) is 9.59 Å². The first-order valence-electron chi connectivity index (χ1n) is 8.19. The quantitative estimate of drug-likeness (QED) is 0.826. The molecule has 1 saturated heterocycles. The highest BCUT2D eigenvalue weighted by molar-refractivity contribution is 9.10. The molecule has 2 aromatic rings. The van der Waals surface area contributed by atoms with E-state index in [0.29, 0.717) is 17.8 Å². The molecule has 0 atom stereocenters. The fraction of sp³-hybridized carbons (Fsp3) is 0.333. The van der Waals surface area contributed by atoms with Crippen molar-refractivity contribution in [1.29, 1.82) is 0 Å². The summed E-state index contributed by atoms with van der Waals surface area (Å²) >= 11 is 3.15. The molecule has 0 saturated carbocycles. The zero-order valence-electron chi connectivity index (χ0n) is 13.8. The number of halogens is 1. The summed E-state index contributed by atoms with van der Waals surface area (Å²) in [5, 5.41) is 2.60. The normalized spacial score (nSPS) is 15.2. The second-order valence-corrected chi connectivity index (χ2v) is 6.71. The van der Waals surface area contributed by atoms with Gasteiger partial charge in [0.05, 0.1) is 6.54 Å². The number of nitrogens with zero attached hydrogens (tertiary/aromatic N) is 2. The highest BCUT2D eigenvalue weighted by Gasteiger charge is 2.22. The summed E-state index contributed by atoms with van der Waals surface area (Å²) in [6.45, 7) is 3.89. The fourth-order valence-corrected chi connectivity index (χ4v) is 3.09. The SMILES string of the molecule is O=C(NCC(=O)N1CCN(Cc2ccccc2)CC1)c1ccc(Br)o1. The predicted octanol–water partition coefficient (Wildman–Crippen LogP) is 2.12. The van der Waals surface area contributed by atoms with Crippen molar-refractivity contribution in [2.75, 3.05) is 32.7 Å². The van der Waals surface area contributed by atoms with Crippen LogP contribution in [0.2, 0.25) is 0 Å². The molecule has 0 unspecified atom stereocenters. The van der Waals surface area contributed by atoms with Crippen LogP contribution in [0, 0.1) is 0 Å². The maximum absolute atomic E-state index is 12.3. The number of carbonyl (C=O) groups excluding carboxylic acids is 2. The molecule has 1 N–H and O–H groups in total. The van der Waals surface area contributed by atoms with Crippen molar-refractivity contribution < 1.29 is 14.0 Å². The van der Waals surface area contributed by atoms with Gasteiger partial charge in [-0.2, -0.15) is 0 Å². The highest BCUT2D eigenvalue weighted by atomic mass is 79.9. The standard InChI is InChI=1S/C18H20BrN3O3/c19-16-7-6-15(25-16)18(24)20-12-17(23)22-10-8-21(9-11-22)13-14-4-2-1-3-5-14/h1-7H,8-13H2,(H,20,24). The molecule has 25 heavy (non-hydrogen) atoms. The lowest BCUT2D eigenvalue weighted by Crippen LogP contribution is -2.50. The van der Waals surface area contributed by atoms with Gasteiger partial charge in [-0.05, 0) is 33.6 Å². The smallest absolute Gasteiger partial charge is 0.287 e. The largest absolute Gasteiger partial charge is 0.444 e. The summed E-state index contributed by atoms with van der Waals surface area (Å²) < 4.78 is 5.65.